The van der Waals surface area contributed by atoms with Crippen LogP contribution in [-0.2, 0) is 14.8 Å². The maximum absolute atomic E-state index is 12.7. The second-order valence-electron chi connectivity index (χ2n) is 7.07. The van der Waals surface area contributed by atoms with E-state index < -0.39 is 10.0 Å². The highest BCUT2D eigenvalue weighted by Crippen LogP contribution is 2.26. The van der Waals surface area contributed by atoms with Gasteiger partial charge in [0.25, 0.3) is 10.0 Å². The Morgan fingerprint density at radius 3 is 2.52 bits per heavy atom. The molecular weight excluding hydrogens is 438 g/mol. The predicted octanol–water partition coefficient (Wildman–Crippen LogP) is 3.82. The van der Waals surface area contributed by atoms with Gasteiger partial charge in [-0.25, -0.2) is 8.42 Å². The number of nitrogens with zero attached hydrogens (tertiary/aromatic N) is 3. The fourth-order valence-electron chi connectivity index (χ4n) is 3.27. The van der Waals surface area contributed by atoms with Crippen LogP contribution >= 0.6 is 11.6 Å². The molecule has 0 amide bonds. The average Bonchev–Trinajstić information content (AvgIpc) is 2.77. The number of anilines is 4. The minimum atomic E-state index is -3.75. The highest BCUT2D eigenvalue weighted by Gasteiger charge is 2.18. The number of morpholine rings is 1. The van der Waals surface area contributed by atoms with Gasteiger partial charge in [0.15, 0.2) is 5.82 Å². The van der Waals surface area contributed by atoms with Crippen LogP contribution in [0.3, 0.4) is 0 Å². The zero-order chi connectivity index (χ0) is 21.8. The van der Waals surface area contributed by atoms with E-state index in [0.29, 0.717) is 35.3 Å². The molecule has 0 unspecified atom stereocenters. The Bertz CT molecular complexity index is 1170. The normalized spacial score (nSPS) is 14.3. The minimum absolute atomic E-state index is 0.150. The summed E-state index contributed by atoms with van der Waals surface area (Å²) in [4.78, 5) is 2.34. The predicted molar refractivity (Wildman–Crippen MR) is 122 cm³/mol. The molecule has 0 atom stereocenters. The van der Waals surface area contributed by atoms with Crippen LogP contribution in [0.5, 0.6) is 0 Å². The van der Waals surface area contributed by atoms with Crippen molar-refractivity contribution < 1.29 is 13.2 Å². The Morgan fingerprint density at radius 1 is 1.06 bits per heavy atom. The van der Waals surface area contributed by atoms with Gasteiger partial charge in [0.05, 0.1) is 30.0 Å². The lowest BCUT2D eigenvalue weighted by Gasteiger charge is -2.28. The number of hydrogen-bond donors (Lipinski definition) is 2. The van der Waals surface area contributed by atoms with Crippen molar-refractivity contribution >= 4 is 44.5 Å². The average molecular weight is 460 g/mol. The Labute approximate surface area is 186 Å². The number of ether oxygens (including phenoxy) is 1. The van der Waals surface area contributed by atoms with Crippen LogP contribution in [0.25, 0.3) is 0 Å². The first-order valence-corrected chi connectivity index (χ1v) is 11.6. The van der Waals surface area contributed by atoms with Gasteiger partial charge in [0.1, 0.15) is 0 Å². The largest absolute Gasteiger partial charge is 0.378 e. The molecule has 1 saturated heterocycles. The Balaban J connectivity index is 1.46. The lowest BCUT2D eigenvalue weighted by atomic mass is 10.2. The van der Waals surface area contributed by atoms with Gasteiger partial charge in [-0.2, -0.15) is 5.10 Å². The van der Waals surface area contributed by atoms with E-state index in [2.05, 4.69) is 25.1 Å². The van der Waals surface area contributed by atoms with Gasteiger partial charge in [-0.15, -0.1) is 5.10 Å². The van der Waals surface area contributed by atoms with E-state index in [1.165, 1.54) is 6.07 Å². The molecule has 31 heavy (non-hydrogen) atoms. The van der Waals surface area contributed by atoms with E-state index in [-0.39, 0.29) is 4.90 Å². The number of nitrogens with one attached hydrogen (secondary N) is 2. The summed E-state index contributed by atoms with van der Waals surface area (Å²) in [5.74, 6) is 0.604. The van der Waals surface area contributed by atoms with Crippen molar-refractivity contribution in [3.05, 3.63) is 65.3 Å². The summed E-state index contributed by atoms with van der Waals surface area (Å²) in [7, 11) is -3.75. The third kappa shape index (κ3) is 5.07. The van der Waals surface area contributed by atoms with E-state index in [9.17, 15) is 8.42 Å². The zero-order valence-corrected chi connectivity index (χ0v) is 18.4. The molecule has 0 radical (unpaired) electrons. The van der Waals surface area contributed by atoms with Gasteiger partial charge >= 0.3 is 0 Å². The molecule has 1 aromatic heterocycles. The van der Waals surface area contributed by atoms with Crippen molar-refractivity contribution in [1.82, 2.24) is 10.2 Å². The molecule has 2 N–H and O–H groups in total. The standard InChI is InChI=1S/C21H22ClN5O3S/c1-15-19(22)3-2-4-20(15)31(28,29)26-17-7-5-16(6-8-17)24-21-13-18(14-23-25-21)27-9-11-30-12-10-27/h2-8,13-14,26H,9-12H2,1H3,(H,24,25). The molecule has 2 aromatic carbocycles. The number of halogens is 1. The number of aromatic nitrogens is 2. The van der Waals surface area contributed by atoms with E-state index in [1.807, 2.05) is 6.07 Å². The highest BCUT2D eigenvalue weighted by molar-refractivity contribution is 7.92. The van der Waals surface area contributed by atoms with Crippen molar-refractivity contribution in [3.8, 4) is 0 Å². The Hall–Kier alpha value is -2.88. The van der Waals surface area contributed by atoms with Gasteiger partial charge in [0.2, 0.25) is 0 Å². The van der Waals surface area contributed by atoms with Gasteiger partial charge in [-0.1, -0.05) is 17.7 Å². The molecule has 162 valence electrons. The molecule has 8 nitrogen and oxygen atoms in total. The molecule has 3 aromatic rings. The maximum Gasteiger partial charge on any atom is 0.262 e. The summed E-state index contributed by atoms with van der Waals surface area (Å²) in [6, 6.07) is 13.6. The maximum atomic E-state index is 12.7. The van der Waals surface area contributed by atoms with E-state index in [0.717, 1.165) is 24.5 Å². The van der Waals surface area contributed by atoms with Gasteiger partial charge < -0.3 is 15.0 Å². The SMILES string of the molecule is Cc1c(Cl)cccc1S(=O)(=O)Nc1ccc(Nc2cc(N3CCOCC3)cnn2)cc1. The zero-order valence-electron chi connectivity index (χ0n) is 16.9. The molecular formula is C21H22ClN5O3S. The molecule has 0 bridgehead atoms. The van der Waals surface area contributed by atoms with Crippen LogP contribution < -0.4 is 14.9 Å². The van der Waals surface area contributed by atoms with Crippen LogP contribution in [-0.4, -0.2) is 44.9 Å². The number of rotatable bonds is 6. The smallest absolute Gasteiger partial charge is 0.262 e. The van der Waals surface area contributed by atoms with Crippen LogP contribution in [0.4, 0.5) is 22.9 Å². The molecule has 4 rings (SSSR count). The first-order valence-electron chi connectivity index (χ1n) is 9.73. The number of sulfonamides is 1. The summed E-state index contributed by atoms with van der Waals surface area (Å²) in [5.41, 5.74) is 2.68. The quantitative estimate of drug-likeness (QED) is 0.578. The van der Waals surface area contributed by atoms with Crippen LogP contribution in [0, 0.1) is 6.92 Å². The molecule has 10 heteroatoms. The summed E-state index contributed by atoms with van der Waals surface area (Å²) >= 11 is 6.06. The van der Waals surface area contributed by atoms with Crippen molar-refractivity contribution in [2.75, 3.05) is 41.2 Å². The van der Waals surface area contributed by atoms with E-state index in [1.54, 1.807) is 49.5 Å². The molecule has 0 saturated carbocycles. The summed E-state index contributed by atoms with van der Waals surface area (Å²) < 4.78 is 33.4. The van der Waals surface area contributed by atoms with Crippen molar-refractivity contribution in [3.63, 3.8) is 0 Å². The lowest BCUT2D eigenvalue weighted by molar-refractivity contribution is 0.122. The summed E-state index contributed by atoms with van der Waals surface area (Å²) in [6.07, 6.45) is 1.73. The number of benzene rings is 2. The molecule has 2 heterocycles. The number of hydrogen-bond acceptors (Lipinski definition) is 7. The first kappa shape index (κ1) is 21.4. The second kappa shape index (κ2) is 9.09. The minimum Gasteiger partial charge on any atom is -0.378 e. The molecule has 1 fully saturated rings. The Morgan fingerprint density at radius 2 is 1.77 bits per heavy atom. The monoisotopic (exact) mass is 459 g/mol. The van der Waals surface area contributed by atoms with Gasteiger partial charge in [0, 0.05) is 35.6 Å². The lowest BCUT2D eigenvalue weighted by Crippen LogP contribution is -2.36. The van der Waals surface area contributed by atoms with Crippen molar-refractivity contribution in [2.24, 2.45) is 0 Å². The van der Waals surface area contributed by atoms with E-state index in [4.69, 9.17) is 16.3 Å². The summed E-state index contributed by atoms with van der Waals surface area (Å²) in [6.45, 7) is 4.68. The van der Waals surface area contributed by atoms with Crippen LogP contribution in [0.1, 0.15) is 5.56 Å². The third-order valence-electron chi connectivity index (χ3n) is 4.93. The fourth-order valence-corrected chi connectivity index (χ4v) is 4.83. The van der Waals surface area contributed by atoms with Crippen molar-refractivity contribution in [1.29, 1.82) is 0 Å². The second-order valence-corrected chi connectivity index (χ2v) is 9.13. The molecule has 1 aliphatic heterocycles. The van der Waals surface area contributed by atoms with Gasteiger partial charge in [-0.3, -0.25) is 4.72 Å². The first-order chi connectivity index (χ1) is 14.9. The van der Waals surface area contributed by atoms with Gasteiger partial charge in [-0.05, 0) is 48.9 Å². The van der Waals surface area contributed by atoms with Crippen LogP contribution in [0.2, 0.25) is 5.02 Å². The molecule has 0 spiro atoms. The summed E-state index contributed by atoms with van der Waals surface area (Å²) in [5, 5.41) is 11.8. The Kier molecular flexibility index (Phi) is 6.26. The molecule has 0 aliphatic carbocycles. The third-order valence-corrected chi connectivity index (χ3v) is 6.87. The fraction of sp³-hybridized carbons (Fsp3) is 0.238. The van der Waals surface area contributed by atoms with Crippen molar-refractivity contribution in [2.45, 2.75) is 11.8 Å². The molecule has 1 aliphatic rings. The highest BCUT2D eigenvalue weighted by atomic mass is 35.5. The topological polar surface area (TPSA) is 96.5 Å². The van der Waals surface area contributed by atoms with E-state index >= 15 is 0 Å². The van der Waals surface area contributed by atoms with Crippen LogP contribution in [0.15, 0.2) is 59.6 Å².